The number of hydrogen-bond donors (Lipinski definition) is 2. The molecule has 4 nitrogen and oxygen atoms in total. The largest absolute Gasteiger partial charge is 0.396 e. The summed E-state index contributed by atoms with van der Waals surface area (Å²) in [4.78, 5) is 0. The van der Waals surface area contributed by atoms with Gasteiger partial charge in [0.15, 0.2) is 0 Å². The molecule has 0 aromatic rings. The number of aliphatic hydroxyl groups is 1. The van der Waals surface area contributed by atoms with E-state index in [1.54, 1.807) is 0 Å². The van der Waals surface area contributed by atoms with Crippen LogP contribution in [0.5, 0.6) is 0 Å². The molecule has 0 aromatic carbocycles. The lowest BCUT2D eigenvalue weighted by Crippen LogP contribution is -2.62. The zero-order valence-electron chi connectivity index (χ0n) is 9.71. The van der Waals surface area contributed by atoms with Crippen molar-refractivity contribution in [3.8, 4) is 0 Å². The Bertz CT molecular complexity index is 233. The molecule has 1 heterocycles. The average Bonchev–Trinajstić information content (AvgIpc) is 2.07. The van der Waals surface area contributed by atoms with Crippen LogP contribution in [-0.2, 0) is 15.7 Å². The number of rotatable bonds is 5. The highest BCUT2D eigenvalue weighted by Gasteiger charge is 2.41. The fraction of sp³-hybridized carbons (Fsp3) is 1.00. The number of ether oxygens (including phenoxy) is 1. The summed E-state index contributed by atoms with van der Waals surface area (Å²) in [6, 6.07) is 0. The van der Waals surface area contributed by atoms with Crippen LogP contribution in [0.25, 0.3) is 0 Å². The van der Waals surface area contributed by atoms with Crippen molar-refractivity contribution < 1.29 is 14.1 Å². The van der Waals surface area contributed by atoms with Gasteiger partial charge in [0, 0.05) is 6.61 Å². The Morgan fingerprint density at radius 3 is 2.40 bits per heavy atom. The van der Waals surface area contributed by atoms with Crippen LogP contribution in [0.4, 0.5) is 0 Å². The smallest absolute Gasteiger partial charge is 0.0977 e. The van der Waals surface area contributed by atoms with E-state index in [4.69, 9.17) is 9.84 Å². The summed E-state index contributed by atoms with van der Waals surface area (Å²) in [5.41, 5.74) is -0.180. The van der Waals surface area contributed by atoms with Crippen molar-refractivity contribution in [3.63, 3.8) is 0 Å². The summed E-state index contributed by atoms with van der Waals surface area (Å²) in [6.07, 6.45) is 1.53. The molecule has 0 bridgehead atoms. The minimum atomic E-state index is -1.07. The summed E-state index contributed by atoms with van der Waals surface area (Å²) in [6.45, 7) is 7.18. The number of nitrogens with one attached hydrogen (secondary N) is 1. The fourth-order valence-corrected chi connectivity index (χ4v) is 2.29. The van der Waals surface area contributed by atoms with Gasteiger partial charge in [0.05, 0.1) is 34.5 Å². The van der Waals surface area contributed by atoms with Gasteiger partial charge in [-0.1, -0.05) is 0 Å². The first-order chi connectivity index (χ1) is 6.90. The summed E-state index contributed by atoms with van der Waals surface area (Å²) >= 11 is 0. The minimum absolute atomic E-state index is 0.172. The van der Waals surface area contributed by atoms with Gasteiger partial charge in [-0.3, -0.25) is 0 Å². The number of aliphatic hydroxyl groups excluding tert-OH is 1. The van der Waals surface area contributed by atoms with Gasteiger partial charge in [0.25, 0.3) is 0 Å². The van der Waals surface area contributed by atoms with Crippen molar-refractivity contribution in [2.45, 2.75) is 43.9 Å². The highest BCUT2D eigenvalue weighted by Crippen LogP contribution is 2.25. The third-order valence-electron chi connectivity index (χ3n) is 2.44. The molecule has 0 aromatic heterocycles. The van der Waals surface area contributed by atoms with Crippen LogP contribution >= 0.6 is 0 Å². The molecular formula is C10H21NO3S. The van der Waals surface area contributed by atoms with Crippen molar-refractivity contribution in [3.05, 3.63) is 0 Å². The summed E-state index contributed by atoms with van der Waals surface area (Å²) in [5.74, 6) is 0. The average molecular weight is 235 g/mol. The highest BCUT2D eigenvalue weighted by atomic mass is 32.2. The maximum Gasteiger partial charge on any atom is 0.0977 e. The Labute approximate surface area is 94.0 Å². The third kappa shape index (κ3) is 3.52. The first-order valence-electron chi connectivity index (χ1n) is 5.28. The molecule has 15 heavy (non-hydrogen) atoms. The minimum Gasteiger partial charge on any atom is -0.396 e. The lowest BCUT2D eigenvalue weighted by atomic mass is 9.93. The van der Waals surface area contributed by atoms with Gasteiger partial charge in [-0.15, -0.1) is 0 Å². The van der Waals surface area contributed by atoms with Gasteiger partial charge >= 0.3 is 0 Å². The van der Waals surface area contributed by atoms with E-state index in [9.17, 15) is 4.21 Å². The van der Waals surface area contributed by atoms with Gasteiger partial charge in [-0.2, -0.15) is 0 Å². The zero-order chi connectivity index (χ0) is 11.5. The Balaban J connectivity index is 2.49. The molecule has 0 spiro atoms. The van der Waals surface area contributed by atoms with E-state index in [1.165, 1.54) is 0 Å². The van der Waals surface area contributed by atoms with Gasteiger partial charge in [-0.25, -0.2) is 8.93 Å². The molecule has 0 radical (unpaired) electrons. The second-order valence-electron chi connectivity index (χ2n) is 5.08. The summed E-state index contributed by atoms with van der Waals surface area (Å²) in [5, 5.41) is 8.80. The lowest BCUT2D eigenvalue weighted by Gasteiger charge is -2.43. The molecular weight excluding hydrogens is 214 g/mol. The van der Waals surface area contributed by atoms with Crippen LogP contribution < -0.4 is 4.72 Å². The van der Waals surface area contributed by atoms with E-state index in [1.807, 2.05) is 20.8 Å². The van der Waals surface area contributed by atoms with Crippen LogP contribution in [0.1, 0.15) is 33.6 Å². The number of hydrogen-bond acceptors (Lipinski definition) is 3. The predicted molar refractivity (Wildman–Crippen MR) is 60.9 cm³/mol. The molecule has 5 heteroatoms. The van der Waals surface area contributed by atoms with Gasteiger partial charge < -0.3 is 9.84 Å². The van der Waals surface area contributed by atoms with E-state index in [0.717, 1.165) is 12.8 Å². The van der Waals surface area contributed by atoms with E-state index in [2.05, 4.69) is 4.72 Å². The van der Waals surface area contributed by atoms with Crippen molar-refractivity contribution >= 4 is 11.0 Å². The monoisotopic (exact) mass is 235 g/mol. The van der Waals surface area contributed by atoms with E-state index in [0.29, 0.717) is 13.2 Å². The zero-order valence-corrected chi connectivity index (χ0v) is 10.5. The first kappa shape index (κ1) is 13.1. The molecule has 0 amide bonds. The molecule has 1 atom stereocenters. The first-order valence-corrected chi connectivity index (χ1v) is 6.43. The molecule has 1 aliphatic heterocycles. The van der Waals surface area contributed by atoms with E-state index >= 15 is 0 Å². The van der Waals surface area contributed by atoms with Gasteiger partial charge in [0.2, 0.25) is 0 Å². The van der Waals surface area contributed by atoms with Gasteiger partial charge in [0.1, 0.15) is 0 Å². The third-order valence-corrected chi connectivity index (χ3v) is 4.17. The summed E-state index contributed by atoms with van der Waals surface area (Å²) in [7, 11) is -1.07. The molecule has 2 N–H and O–H groups in total. The maximum absolute atomic E-state index is 11.9. The van der Waals surface area contributed by atoms with Crippen molar-refractivity contribution in [1.82, 2.24) is 4.72 Å². The van der Waals surface area contributed by atoms with Crippen molar-refractivity contribution in [2.75, 3.05) is 19.8 Å². The molecule has 1 fully saturated rings. The second kappa shape index (κ2) is 4.91. The predicted octanol–water partition coefficient (Wildman–Crippen LogP) is 0.580. The van der Waals surface area contributed by atoms with Crippen molar-refractivity contribution in [1.29, 1.82) is 0 Å². The van der Waals surface area contributed by atoms with Crippen LogP contribution in [0.3, 0.4) is 0 Å². The van der Waals surface area contributed by atoms with E-state index in [-0.39, 0.29) is 16.9 Å². The van der Waals surface area contributed by atoms with Crippen LogP contribution in [0.15, 0.2) is 0 Å². The van der Waals surface area contributed by atoms with E-state index < -0.39 is 11.0 Å². The standard InChI is InChI=1S/C10H21NO3S/c1-9(2,3)15(13)11-10(5-4-6-12)7-14-8-10/h11-12H,4-8H2,1-3H3. The normalized spacial score (nSPS) is 22.1. The quantitative estimate of drug-likeness (QED) is 0.733. The van der Waals surface area contributed by atoms with Crippen molar-refractivity contribution in [2.24, 2.45) is 0 Å². The summed E-state index contributed by atoms with van der Waals surface area (Å²) < 4.78 is 20.0. The van der Waals surface area contributed by atoms with Crippen LogP contribution in [0.2, 0.25) is 0 Å². The fourth-order valence-electron chi connectivity index (χ4n) is 1.37. The molecule has 0 saturated carbocycles. The SMILES string of the molecule is CC(C)(C)S(=O)NC1(CCCO)COC1. The Morgan fingerprint density at radius 1 is 1.47 bits per heavy atom. The topological polar surface area (TPSA) is 58.6 Å². The van der Waals surface area contributed by atoms with Crippen LogP contribution in [-0.4, -0.2) is 39.4 Å². The lowest BCUT2D eigenvalue weighted by molar-refractivity contribution is -0.0681. The maximum atomic E-state index is 11.9. The molecule has 1 rings (SSSR count). The highest BCUT2D eigenvalue weighted by molar-refractivity contribution is 7.84. The Kier molecular flexibility index (Phi) is 4.29. The van der Waals surface area contributed by atoms with Gasteiger partial charge in [-0.05, 0) is 33.6 Å². The molecule has 1 unspecified atom stereocenters. The molecule has 1 saturated heterocycles. The molecule has 0 aliphatic carbocycles. The second-order valence-corrected chi connectivity index (χ2v) is 7.05. The Morgan fingerprint density at radius 2 is 2.07 bits per heavy atom. The molecule has 1 aliphatic rings. The molecule has 90 valence electrons. The Hall–Kier alpha value is 0.0300. The van der Waals surface area contributed by atoms with Crippen LogP contribution in [0, 0.1) is 0 Å².